The Labute approximate surface area is 162 Å². The van der Waals surface area contributed by atoms with Crippen molar-refractivity contribution in [2.45, 2.75) is 6.92 Å². The summed E-state index contributed by atoms with van der Waals surface area (Å²) in [7, 11) is 2.07. The summed E-state index contributed by atoms with van der Waals surface area (Å²) >= 11 is 0. The van der Waals surface area contributed by atoms with E-state index < -0.39 is 0 Å². The molecule has 2 aromatic heterocycles. The van der Waals surface area contributed by atoms with E-state index in [4.69, 9.17) is 4.42 Å². The molecular weight excluding hydrogens is 344 g/mol. The molecule has 0 aliphatic carbocycles. The maximum atomic E-state index is 6.27. The molecule has 0 saturated heterocycles. The van der Waals surface area contributed by atoms with Crippen LogP contribution in [0.3, 0.4) is 0 Å². The number of aromatic nitrogens is 2. The molecule has 3 heteroatoms. The number of fused-ring (bicyclic) bond motifs is 6. The molecule has 0 N–H and O–H groups in total. The van der Waals surface area contributed by atoms with Gasteiger partial charge in [0.1, 0.15) is 0 Å². The van der Waals surface area contributed by atoms with Crippen molar-refractivity contribution in [1.82, 2.24) is 4.40 Å². The molecule has 0 fully saturated rings. The second kappa shape index (κ2) is 5.46. The quantitative estimate of drug-likeness (QED) is 0.267. The highest BCUT2D eigenvalue weighted by molar-refractivity contribution is 6.11. The molecule has 0 amide bonds. The molecular formula is C25H19N2O+. The van der Waals surface area contributed by atoms with Gasteiger partial charge in [-0.1, -0.05) is 54.6 Å². The summed E-state index contributed by atoms with van der Waals surface area (Å²) in [6.07, 6.45) is 2.06. The van der Waals surface area contributed by atoms with Crippen molar-refractivity contribution >= 4 is 38.4 Å². The minimum Gasteiger partial charge on any atom is -0.416 e. The van der Waals surface area contributed by atoms with Gasteiger partial charge in [0, 0.05) is 0 Å². The molecule has 6 rings (SSSR count). The largest absolute Gasteiger partial charge is 0.416 e. The van der Waals surface area contributed by atoms with E-state index in [2.05, 4.69) is 102 Å². The van der Waals surface area contributed by atoms with Crippen molar-refractivity contribution in [2.75, 3.05) is 0 Å². The van der Waals surface area contributed by atoms with Crippen molar-refractivity contribution < 1.29 is 8.98 Å². The van der Waals surface area contributed by atoms with Crippen molar-refractivity contribution in [3.8, 4) is 11.4 Å². The van der Waals surface area contributed by atoms with Crippen LogP contribution in [0.4, 0.5) is 0 Å². The van der Waals surface area contributed by atoms with E-state index in [-0.39, 0.29) is 0 Å². The fourth-order valence-corrected chi connectivity index (χ4v) is 4.38. The zero-order valence-electron chi connectivity index (χ0n) is 15.8. The standard InChI is InChI=1S/C25H19N2O/c1-16-7-3-5-9-19(16)25-26(2)15-24-27(25)22-13-18-12-11-17-8-4-6-10-20(17)21(18)14-23(22)28-24/h3-15H,1-2H3/q+1. The molecule has 0 spiro atoms. The molecule has 0 bridgehead atoms. The number of aryl methyl sites for hydroxylation is 2. The third kappa shape index (κ3) is 2.01. The summed E-state index contributed by atoms with van der Waals surface area (Å²) < 4.78 is 10.6. The summed E-state index contributed by atoms with van der Waals surface area (Å²) in [6.45, 7) is 2.15. The average Bonchev–Trinajstić information content (AvgIpc) is 3.21. The van der Waals surface area contributed by atoms with Gasteiger partial charge >= 0.3 is 5.71 Å². The molecule has 0 radical (unpaired) electrons. The van der Waals surface area contributed by atoms with Gasteiger partial charge in [-0.25, -0.2) is 4.57 Å². The van der Waals surface area contributed by atoms with Gasteiger partial charge in [0.15, 0.2) is 17.3 Å². The molecule has 134 valence electrons. The fourth-order valence-electron chi connectivity index (χ4n) is 4.38. The van der Waals surface area contributed by atoms with Crippen molar-refractivity contribution in [3.63, 3.8) is 0 Å². The van der Waals surface area contributed by atoms with Crippen LogP contribution < -0.4 is 4.57 Å². The van der Waals surface area contributed by atoms with Gasteiger partial charge in [-0.2, -0.15) is 4.40 Å². The summed E-state index contributed by atoms with van der Waals surface area (Å²) in [5.74, 6) is 1.13. The molecule has 3 nitrogen and oxygen atoms in total. The molecule has 2 heterocycles. The lowest BCUT2D eigenvalue weighted by atomic mass is 10.0. The number of oxazole rings is 1. The normalized spacial score (nSPS) is 11.9. The summed E-state index contributed by atoms with van der Waals surface area (Å²) in [6, 6.07) is 25.8. The first-order valence-corrected chi connectivity index (χ1v) is 9.52. The van der Waals surface area contributed by atoms with Crippen LogP contribution in [0.1, 0.15) is 5.56 Å². The highest BCUT2D eigenvalue weighted by atomic mass is 16.3. The Hall–Kier alpha value is -3.59. The van der Waals surface area contributed by atoms with Gasteiger partial charge in [-0.05, 0) is 52.2 Å². The number of hydrogen-bond donors (Lipinski definition) is 0. The fraction of sp³-hybridized carbons (Fsp3) is 0.0800. The topological polar surface area (TPSA) is 21.4 Å². The molecule has 0 aliphatic heterocycles. The number of imidazole rings is 1. The van der Waals surface area contributed by atoms with Gasteiger partial charge in [0.05, 0.1) is 12.6 Å². The summed E-state index contributed by atoms with van der Waals surface area (Å²) in [4.78, 5) is 0. The predicted octanol–water partition coefficient (Wildman–Crippen LogP) is 5.79. The van der Waals surface area contributed by atoms with Gasteiger partial charge in [0.2, 0.25) is 0 Å². The lowest BCUT2D eigenvalue weighted by molar-refractivity contribution is -0.658. The SMILES string of the molecule is Cc1ccccc1-c1n2c(c[n+]1C)oc1cc3c(ccc4ccccc43)cc12. The first kappa shape index (κ1) is 15.5. The lowest BCUT2D eigenvalue weighted by Gasteiger charge is -2.04. The summed E-state index contributed by atoms with van der Waals surface area (Å²) in [5, 5.41) is 4.96. The maximum absolute atomic E-state index is 6.27. The van der Waals surface area contributed by atoms with Crippen molar-refractivity contribution in [1.29, 1.82) is 0 Å². The third-order valence-electron chi connectivity index (χ3n) is 5.74. The highest BCUT2D eigenvalue weighted by Crippen LogP contribution is 2.33. The Morgan fingerprint density at radius 1 is 0.821 bits per heavy atom. The Morgan fingerprint density at radius 3 is 2.50 bits per heavy atom. The highest BCUT2D eigenvalue weighted by Gasteiger charge is 2.25. The maximum Gasteiger partial charge on any atom is 0.336 e. The number of rotatable bonds is 1. The van der Waals surface area contributed by atoms with Crippen LogP contribution in [0.15, 0.2) is 83.4 Å². The van der Waals surface area contributed by atoms with Crippen molar-refractivity contribution in [2.24, 2.45) is 7.05 Å². The first-order chi connectivity index (χ1) is 13.7. The van der Waals surface area contributed by atoms with Crippen LogP contribution in [0.5, 0.6) is 0 Å². The smallest absolute Gasteiger partial charge is 0.336 e. The van der Waals surface area contributed by atoms with E-state index in [0.29, 0.717) is 0 Å². The van der Waals surface area contributed by atoms with Crippen LogP contribution in [0.2, 0.25) is 0 Å². The second-order valence-corrected chi connectivity index (χ2v) is 7.48. The molecule has 28 heavy (non-hydrogen) atoms. The van der Waals surface area contributed by atoms with E-state index >= 15 is 0 Å². The third-order valence-corrected chi connectivity index (χ3v) is 5.74. The average molecular weight is 363 g/mol. The van der Waals surface area contributed by atoms with E-state index in [9.17, 15) is 0 Å². The Kier molecular flexibility index (Phi) is 3.01. The molecule has 0 aliphatic rings. The van der Waals surface area contributed by atoms with Gasteiger partial charge in [-0.15, -0.1) is 0 Å². The number of nitrogens with zero attached hydrogens (tertiary/aromatic N) is 2. The van der Waals surface area contributed by atoms with Crippen LogP contribution in [-0.4, -0.2) is 4.40 Å². The van der Waals surface area contributed by atoms with E-state index in [0.717, 1.165) is 22.6 Å². The van der Waals surface area contributed by atoms with Gasteiger partial charge in [0.25, 0.3) is 5.82 Å². The zero-order valence-corrected chi connectivity index (χ0v) is 15.8. The van der Waals surface area contributed by atoms with Crippen LogP contribution in [-0.2, 0) is 7.05 Å². The monoisotopic (exact) mass is 363 g/mol. The van der Waals surface area contributed by atoms with Crippen LogP contribution in [0.25, 0.3) is 49.7 Å². The molecule has 0 saturated carbocycles. The van der Waals surface area contributed by atoms with E-state index in [1.165, 1.54) is 32.7 Å². The molecule has 0 atom stereocenters. The van der Waals surface area contributed by atoms with E-state index in [1.54, 1.807) is 0 Å². The number of benzene rings is 4. The molecule has 4 aromatic carbocycles. The first-order valence-electron chi connectivity index (χ1n) is 9.52. The molecule has 6 aromatic rings. The summed E-state index contributed by atoms with van der Waals surface area (Å²) in [5.41, 5.74) is 5.33. The van der Waals surface area contributed by atoms with Gasteiger partial charge < -0.3 is 4.42 Å². The Balaban J connectivity index is 1.76. The van der Waals surface area contributed by atoms with Crippen LogP contribution >= 0.6 is 0 Å². The predicted molar refractivity (Wildman–Crippen MR) is 114 cm³/mol. The molecule has 0 unspecified atom stereocenters. The lowest BCUT2D eigenvalue weighted by Crippen LogP contribution is -2.28. The Morgan fingerprint density at radius 2 is 1.61 bits per heavy atom. The minimum atomic E-state index is 0.857. The zero-order chi connectivity index (χ0) is 18.8. The van der Waals surface area contributed by atoms with E-state index in [1.807, 2.05) is 0 Å². The minimum absolute atomic E-state index is 0.857. The number of hydrogen-bond acceptors (Lipinski definition) is 1. The second-order valence-electron chi connectivity index (χ2n) is 7.48. The van der Waals surface area contributed by atoms with Crippen molar-refractivity contribution in [3.05, 3.63) is 84.6 Å². The van der Waals surface area contributed by atoms with Crippen LogP contribution in [0, 0.1) is 6.92 Å². The Bertz CT molecular complexity index is 1530. The van der Waals surface area contributed by atoms with Gasteiger partial charge in [-0.3, -0.25) is 0 Å².